The van der Waals surface area contributed by atoms with Crippen LogP contribution in [0.4, 0.5) is 0 Å². The summed E-state index contributed by atoms with van der Waals surface area (Å²) in [5, 5.41) is 86.0. The summed E-state index contributed by atoms with van der Waals surface area (Å²) in [6.45, 7) is 0. The van der Waals surface area contributed by atoms with Crippen LogP contribution in [-0.4, -0.2) is 116 Å². The van der Waals surface area contributed by atoms with Crippen molar-refractivity contribution in [2.24, 2.45) is 0 Å². The second-order valence-electron chi connectivity index (χ2n) is 2.27. The molecule has 0 heterocycles. The molecule has 0 spiro atoms. The predicted octanol–water partition coefficient (Wildman–Crippen LogP) is -16.3. The Morgan fingerprint density at radius 2 is 0.556 bits per heavy atom. The SMILES string of the molecule is O=S(=O)([O-])OS(=O)(=O)[O-].OB(O)O.OB(O)O.OB(O)O.OB(O)O.[K+].[K+]. The van der Waals surface area contributed by atoms with Gasteiger partial charge in [-0.15, -0.1) is 0 Å². The smallest absolute Gasteiger partial charge is 0.725 e. The quantitative estimate of drug-likeness (QED) is 0.0947. The van der Waals surface area contributed by atoms with Gasteiger partial charge in [-0.05, 0) is 0 Å². The Labute approximate surface area is 238 Å². The molecule has 0 aliphatic carbocycles. The number of rotatable bonds is 2. The van der Waals surface area contributed by atoms with Crippen LogP contribution in [0.5, 0.6) is 0 Å². The molecule has 0 amide bonds. The van der Waals surface area contributed by atoms with Crippen LogP contribution in [0.1, 0.15) is 0 Å². The maximum Gasteiger partial charge on any atom is 1.00 e. The first-order chi connectivity index (χ1) is 10.6. The van der Waals surface area contributed by atoms with E-state index in [1.54, 1.807) is 0 Å². The minimum atomic E-state index is -5.43. The zero-order valence-corrected chi connectivity index (χ0v) is 21.2. The Hall–Kier alpha value is 2.83. The van der Waals surface area contributed by atoms with E-state index in [1.165, 1.54) is 0 Å². The third-order valence-electron chi connectivity index (χ3n) is 0.167. The van der Waals surface area contributed by atoms with Gasteiger partial charge in [0.25, 0.3) is 0 Å². The van der Waals surface area contributed by atoms with Gasteiger partial charge in [-0.25, -0.2) is 16.8 Å². The van der Waals surface area contributed by atoms with E-state index >= 15 is 0 Å². The van der Waals surface area contributed by atoms with Gasteiger partial charge in [0.1, 0.15) is 0 Å². The van der Waals surface area contributed by atoms with Crippen LogP contribution in [-0.2, 0) is 24.4 Å². The zero-order chi connectivity index (χ0) is 22.0. The van der Waals surface area contributed by atoms with E-state index in [4.69, 9.17) is 60.3 Å². The van der Waals surface area contributed by atoms with Crippen LogP contribution >= 0.6 is 0 Å². The second-order valence-corrected chi connectivity index (χ2v) is 4.45. The minimum absolute atomic E-state index is 0. The maximum absolute atomic E-state index is 9.29. The van der Waals surface area contributed by atoms with Crippen molar-refractivity contribution in [1.82, 2.24) is 0 Å². The normalized spacial score (nSPS) is 8.52. The van der Waals surface area contributed by atoms with Crippen LogP contribution in [0, 0.1) is 0 Å². The van der Waals surface area contributed by atoms with Crippen molar-refractivity contribution in [2.75, 3.05) is 0 Å². The molecule has 0 aromatic heterocycles. The molecule has 0 fully saturated rings. The van der Waals surface area contributed by atoms with Crippen LogP contribution in [0.25, 0.3) is 0 Å². The summed E-state index contributed by atoms with van der Waals surface area (Å²) in [5.41, 5.74) is 0. The largest absolute Gasteiger partial charge is 1.00 e. The Morgan fingerprint density at radius 1 is 0.481 bits per heavy atom. The number of hydrogen-bond donors (Lipinski definition) is 12. The molecule has 0 atom stereocenters. The second kappa shape index (κ2) is 28.8. The first-order valence-electron chi connectivity index (χ1n) is 4.43. The molecule has 0 aromatic carbocycles. The van der Waals surface area contributed by atoms with Gasteiger partial charge in [0.05, 0.1) is 0 Å². The molecule has 0 aliphatic heterocycles. The molecular formula is H12B4K2O19S2. The summed E-state index contributed by atoms with van der Waals surface area (Å²) in [5.74, 6) is 0. The summed E-state index contributed by atoms with van der Waals surface area (Å²) in [7, 11) is -19.5. The van der Waals surface area contributed by atoms with E-state index < -0.39 is 50.1 Å². The standard InChI is InChI=1S/4BH3O3.2K.H2O7S2/c4*2-1(3)4;;;1-8(2,3)7-9(4,5)6/h4*2-4H;;;(H,1,2,3)(H,4,5,6)/q;;;;2*+1;/p-2. The Bertz CT molecular complexity index is 377. The molecule has 19 nitrogen and oxygen atoms in total. The molecule has 27 heavy (non-hydrogen) atoms. The molecule has 0 saturated carbocycles. The third-order valence-corrected chi connectivity index (χ3v) is 1.50. The molecule has 0 aliphatic rings. The van der Waals surface area contributed by atoms with Gasteiger partial charge >= 0.3 is 132 Å². The van der Waals surface area contributed by atoms with E-state index in [0.717, 1.165) is 0 Å². The van der Waals surface area contributed by atoms with E-state index in [0.29, 0.717) is 0 Å². The molecule has 0 aromatic rings. The van der Waals surface area contributed by atoms with Crippen LogP contribution in [0.15, 0.2) is 0 Å². The van der Waals surface area contributed by atoms with Gasteiger partial charge < -0.3 is 69.4 Å². The van der Waals surface area contributed by atoms with Crippen molar-refractivity contribution in [3.8, 4) is 0 Å². The molecule has 0 unspecified atom stereocenters. The predicted molar refractivity (Wildman–Crippen MR) is 70.1 cm³/mol. The molecule has 0 rings (SSSR count). The van der Waals surface area contributed by atoms with Gasteiger partial charge in [0.2, 0.25) is 20.8 Å². The van der Waals surface area contributed by atoms with Gasteiger partial charge in [0, 0.05) is 0 Å². The van der Waals surface area contributed by atoms with Crippen molar-refractivity contribution in [3.63, 3.8) is 0 Å². The number of hydrogen-bond acceptors (Lipinski definition) is 19. The first-order valence-corrected chi connectivity index (χ1v) is 7.10. The van der Waals surface area contributed by atoms with E-state index in [-0.39, 0.29) is 103 Å². The Morgan fingerprint density at radius 3 is 0.556 bits per heavy atom. The third kappa shape index (κ3) is 266. The van der Waals surface area contributed by atoms with Crippen LogP contribution in [0.2, 0.25) is 0 Å². The molecule has 0 bridgehead atoms. The maximum atomic E-state index is 9.29. The zero-order valence-electron chi connectivity index (χ0n) is 13.4. The fraction of sp³-hybridized carbons (Fsp3) is 0. The summed E-state index contributed by atoms with van der Waals surface area (Å²) in [6.07, 6.45) is 0. The fourth-order valence-electron chi connectivity index (χ4n) is 0.102. The molecule has 12 N–H and O–H groups in total. The fourth-order valence-corrected chi connectivity index (χ4v) is 0.919. The van der Waals surface area contributed by atoms with Crippen molar-refractivity contribution in [1.29, 1.82) is 0 Å². The molecule has 0 saturated heterocycles. The monoisotopic (exact) mass is 502 g/mol. The van der Waals surface area contributed by atoms with Crippen LogP contribution in [0.3, 0.4) is 0 Å². The van der Waals surface area contributed by atoms with E-state index in [2.05, 4.69) is 3.63 Å². The van der Waals surface area contributed by atoms with Crippen LogP contribution < -0.4 is 103 Å². The van der Waals surface area contributed by atoms with Gasteiger partial charge in [-0.1, -0.05) is 0 Å². The van der Waals surface area contributed by atoms with Crippen molar-refractivity contribution >= 4 is 50.1 Å². The Kier molecular flexibility index (Phi) is 50.8. The van der Waals surface area contributed by atoms with Crippen molar-refractivity contribution in [2.45, 2.75) is 0 Å². The van der Waals surface area contributed by atoms with Gasteiger partial charge in [0.15, 0.2) is 0 Å². The Balaban J connectivity index is -0.0000000386. The molecular weight excluding hydrogens is 490 g/mol. The van der Waals surface area contributed by atoms with Crippen molar-refractivity contribution in [3.05, 3.63) is 0 Å². The minimum Gasteiger partial charge on any atom is -0.725 e. The molecule has 152 valence electrons. The summed E-state index contributed by atoms with van der Waals surface area (Å²) >= 11 is 0. The first kappa shape index (κ1) is 47.6. The molecule has 0 radical (unpaired) electrons. The topological polar surface area (TPSA) is 366 Å². The summed E-state index contributed by atoms with van der Waals surface area (Å²) in [4.78, 5) is 0. The average Bonchev–Trinajstić information content (AvgIpc) is 2.04. The van der Waals surface area contributed by atoms with Gasteiger partial charge in [-0.2, -0.15) is 3.63 Å². The average molecular weight is 502 g/mol. The van der Waals surface area contributed by atoms with E-state index in [1.807, 2.05) is 0 Å². The van der Waals surface area contributed by atoms with Gasteiger partial charge in [-0.3, -0.25) is 0 Å². The molecule has 27 heteroatoms. The summed E-state index contributed by atoms with van der Waals surface area (Å²) < 4.78 is 58.2. The summed E-state index contributed by atoms with van der Waals surface area (Å²) in [6, 6.07) is 0. The van der Waals surface area contributed by atoms with Crippen molar-refractivity contribution < 1.29 is 193 Å². The van der Waals surface area contributed by atoms with E-state index in [9.17, 15) is 25.9 Å².